The Bertz CT molecular complexity index is 244. The third-order valence-corrected chi connectivity index (χ3v) is 2.24. The highest BCUT2D eigenvalue weighted by molar-refractivity contribution is 5.88. The quantitative estimate of drug-likeness (QED) is 0.513. The molecule has 1 aliphatic carbocycles. The highest BCUT2D eigenvalue weighted by Crippen LogP contribution is 2.18. The van der Waals surface area contributed by atoms with Crippen molar-refractivity contribution in [2.75, 3.05) is 0 Å². The lowest BCUT2D eigenvalue weighted by molar-refractivity contribution is -0.122. The smallest absolute Gasteiger partial charge is 0.244 e. The molecule has 1 fully saturated rings. The Balaban J connectivity index is 2.42. The molecule has 0 aromatic carbocycles. The van der Waals surface area contributed by atoms with Gasteiger partial charge < -0.3 is 11.1 Å². The SMILES string of the molecule is CC(C)C(N)=NC(C)C(=O)NC1CC1. The minimum Gasteiger partial charge on any atom is -0.387 e. The van der Waals surface area contributed by atoms with Crippen LogP contribution in [-0.4, -0.2) is 23.8 Å². The molecule has 0 aliphatic heterocycles. The standard InChI is InChI=1S/C10H19N3O/c1-6(2)9(11)12-7(3)10(14)13-8-4-5-8/h6-8H,4-5H2,1-3H3,(H2,11,12)(H,13,14). The van der Waals surface area contributed by atoms with Crippen LogP contribution >= 0.6 is 0 Å². The summed E-state index contributed by atoms with van der Waals surface area (Å²) in [6, 6.07) is 0.0263. The third-order valence-electron chi connectivity index (χ3n) is 2.24. The van der Waals surface area contributed by atoms with Crippen molar-refractivity contribution in [2.24, 2.45) is 16.6 Å². The molecule has 0 bridgehead atoms. The molecule has 0 aromatic heterocycles. The van der Waals surface area contributed by atoms with Gasteiger partial charge in [0.15, 0.2) is 0 Å². The van der Waals surface area contributed by atoms with Gasteiger partial charge in [-0.25, -0.2) is 0 Å². The van der Waals surface area contributed by atoms with E-state index in [-0.39, 0.29) is 17.9 Å². The summed E-state index contributed by atoms with van der Waals surface area (Å²) in [6.45, 7) is 5.70. The number of nitrogens with zero attached hydrogens (tertiary/aromatic N) is 1. The Labute approximate surface area is 85.0 Å². The molecule has 0 heterocycles. The zero-order valence-electron chi connectivity index (χ0n) is 9.08. The molecule has 1 amide bonds. The van der Waals surface area contributed by atoms with Gasteiger partial charge in [-0.3, -0.25) is 9.79 Å². The van der Waals surface area contributed by atoms with Crippen LogP contribution in [0.5, 0.6) is 0 Å². The molecule has 0 spiro atoms. The van der Waals surface area contributed by atoms with Crippen LogP contribution in [0.15, 0.2) is 4.99 Å². The predicted molar refractivity (Wildman–Crippen MR) is 57.1 cm³/mol. The lowest BCUT2D eigenvalue weighted by Gasteiger charge is -2.10. The molecule has 14 heavy (non-hydrogen) atoms. The number of carbonyl (C=O) groups is 1. The van der Waals surface area contributed by atoms with Crippen LogP contribution in [0.4, 0.5) is 0 Å². The molecule has 0 saturated heterocycles. The van der Waals surface area contributed by atoms with Crippen molar-refractivity contribution in [3.05, 3.63) is 0 Å². The van der Waals surface area contributed by atoms with E-state index in [1.807, 2.05) is 13.8 Å². The molecule has 0 aromatic rings. The van der Waals surface area contributed by atoms with Crippen molar-refractivity contribution in [2.45, 2.75) is 45.7 Å². The minimum absolute atomic E-state index is 0.0175. The number of amidine groups is 1. The van der Waals surface area contributed by atoms with Gasteiger partial charge in [0, 0.05) is 12.0 Å². The number of rotatable bonds is 4. The van der Waals surface area contributed by atoms with Gasteiger partial charge in [-0.05, 0) is 19.8 Å². The molecule has 1 unspecified atom stereocenters. The second-order valence-corrected chi connectivity index (χ2v) is 4.17. The first-order chi connectivity index (χ1) is 6.50. The van der Waals surface area contributed by atoms with Crippen LogP contribution in [-0.2, 0) is 4.79 Å². The van der Waals surface area contributed by atoms with Crippen molar-refractivity contribution in [3.63, 3.8) is 0 Å². The van der Waals surface area contributed by atoms with Gasteiger partial charge in [-0.15, -0.1) is 0 Å². The van der Waals surface area contributed by atoms with Crippen molar-refractivity contribution >= 4 is 11.7 Å². The van der Waals surface area contributed by atoms with E-state index >= 15 is 0 Å². The molecule has 1 atom stereocenters. The average molecular weight is 197 g/mol. The molecule has 0 radical (unpaired) electrons. The normalized spacial score (nSPS) is 19.6. The number of carbonyl (C=O) groups excluding carboxylic acids is 1. The number of amides is 1. The molecule has 80 valence electrons. The number of nitrogens with one attached hydrogen (secondary N) is 1. The molecule has 1 aliphatic rings. The van der Waals surface area contributed by atoms with Crippen LogP contribution in [0.25, 0.3) is 0 Å². The van der Waals surface area contributed by atoms with E-state index in [9.17, 15) is 4.79 Å². The molecule has 3 N–H and O–H groups in total. The molecular weight excluding hydrogens is 178 g/mol. The van der Waals surface area contributed by atoms with Crippen LogP contribution < -0.4 is 11.1 Å². The van der Waals surface area contributed by atoms with E-state index in [0.29, 0.717) is 11.9 Å². The summed E-state index contributed by atoms with van der Waals surface area (Å²) >= 11 is 0. The highest BCUT2D eigenvalue weighted by Gasteiger charge is 2.25. The summed E-state index contributed by atoms with van der Waals surface area (Å²) in [7, 11) is 0. The highest BCUT2D eigenvalue weighted by atomic mass is 16.2. The van der Waals surface area contributed by atoms with Crippen LogP contribution in [0.1, 0.15) is 33.6 Å². The maximum absolute atomic E-state index is 11.5. The van der Waals surface area contributed by atoms with Gasteiger partial charge in [-0.2, -0.15) is 0 Å². The summed E-state index contributed by atoms with van der Waals surface area (Å²) < 4.78 is 0. The number of aliphatic imine (C=N–C) groups is 1. The minimum atomic E-state index is -0.363. The zero-order valence-corrected chi connectivity index (χ0v) is 9.08. The predicted octanol–water partition coefficient (Wildman–Crippen LogP) is 0.667. The first kappa shape index (κ1) is 11.0. The maximum Gasteiger partial charge on any atom is 0.244 e. The second-order valence-electron chi connectivity index (χ2n) is 4.17. The fraction of sp³-hybridized carbons (Fsp3) is 0.800. The summed E-state index contributed by atoms with van der Waals surface area (Å²) in [5.74, 6) is 0.728. The zero-order chi connectivity index (χ0) is 10.7. The Morgan fingerprint density at radius 2 is 2.00 bits per heavy atom. The summed E-state index contributed by atoms with van der Waals surface area (Å²) in [6.07, 6.45) is 2.20. The summed E-state index contributed by atoms with van der Waals surface area (Å²) in [5.41, 5.74) is 5.67. The number of nitrogens with two attached hydrogens (primary N) is 1. The third kappa shape index (κ3) is 3.36. The monoisotopic (exact) mass is 197 g/mol. The van der Waals surface area contributed by atoms with E-state index in [1.54, 1.807) is 6.92 Å². The van der Waals surface area contributed by atoms with Crippen molar-refractivity contribution in [1.82, 2.24) is 5.32 Å². The van der Waals surface area contributed by atoms with Crippen LogP contribution in [0, 0.1) is 5.92 Å². The van der Waals surface area contributed by atoms with Gasteiger partial charge in [0.1, 0.15) is 6.04 Å². The summed E-state index contributed by atoms with van der Waals surface area (Å²) in [4.78, 5) is 15.6. The van der Waals surface area contributed by atoms with Crippen molar-refractivity contribution < 1.29 is 4.79 Å². The fourth-order valence-corrected chi connectivity index (χ4v) is 0.981. The Kier molecular flexibility index (Phi) is 3.49. The summed E-state index contributed by atoms with van der Waals surface area (Å²) in [5, 5.41) is 2.90. The van der Waals surface area contributed by atoms with E-state index in [1.165, 1.54) is 0 Å². The fourth-order valence-electron chi connectivity index (χ4n) is 0.981. The first-order valence-corrected chi connectivity index (χ1v) is 5.14. The Morgan fingerprint density at radius 1 is 1.43 bits per heavy atom. The van der Waals surface area contributed by atoms with Gasteiger partial charge in [-0.1, -0.05) is 13.8 Å². The Hall–Kier alpha value is -1.06. The van der Waals surface area contributed by atoms with Crippen molar-refractivity contribution in [3.8, 4) is 0 Å². The molecule has 1 rings (SSSR count). The topological polar surface area (TPSA) is 67.5 Å². The van der Waals surface area contributed by atoms with E-state index in [0.717, 1.165) is 12.8 Å². The maximum atomic E-state index is 11.5. The lowest BCUT2D eigenvalue weighted by atomic mass is 10.2. The van der Waals surface area contributed by atoms with Gasteiger partial charge in [0.2, 0.25) is 5.91 Å². The molecular formula is C10H19N3O. The molecule has 1 saturated carbocycles. The second kappa shape index (κ2) is 4.44. The molecule has 4 nitrogen and oxygen atoms in total. The van der Waals surface area contributed by atoms with E-state index in [2.05, 4.69) is 10.3 Å². The van der Waals surface area contributed by atoms with E-state index < -0.39 is 0 Å². The van der Waals surface area contributed by atoms with Gasteiger partial charge in [0.25, 0.3) is 0 Å². The Morgan fingerprint density at radius 3 is 2.43 bits per heavy atom. The molecule has 4 heteroatoms. The van der Waals surface area contributed by atoms with Gasteiger partial charge >= 0.3 is 0 Å². The average Bonchev–Trinajstić information content (AvgIpc) is 2.87. The van der Waals surface area contributed by atoms with Crippen LogP contribution in [0.2, 0.25) is 0 Å². The number of hydrogen-bond donors (Lipinski definition) is 2. The first-order valence-electron chi connectivity index (χ1n) is 5.14. The van der Waals surface area contributed by atoms with Crippen LogP contribution in [0.3, 0.4) is 0 Å². The number of hydrogen-bond acceptors (Lipinski definition) is 2. The largest absolute Gasteiger partial charge is 0.387 e. The van der Waals surface area contributed by atoms with Gasteiger partial charge in [0.05, 0.1) is 5.84 Å². The van der Waals surface area contributed by atoms with E-state index in [4.69, 9.17) is 5.73 Å². The lowest BCUT2D eigenvalue weighted by Crippen LogP contribution is -2.35. The van der Waals surface area contributed by atoms with Crippen molar-refractivity contribution in [1.29, 1.82) is 0 Å².